The Labute approximate surface area is 142 Å². The average Bonchev–Trinajstić information content (AvgIpc) is 2.78. The van der Waals surface area contributed by atoms with Gasteiger partial charge in [0, 0.05) is 0 Å². The van der Waals surface area contributed by atoms with Crippen molar-refractivity contribution in [2.45, 2.75) is 32.7 Å². The number of rotatable bonds is 6. The van der Waals surface area contributed by atoms with Crippen LogP contribution in [0, 0.1) is 0 Å². The van der Waals surface area contributed by atoms with Crippen molar-refractivity contribution in [2.24, 2.45) is 0 Å². The van der Waals surface area contributed by atoms with E-state index in [1.165, 1.54) is 20.5 Å². The highest BCUT2D eigenvalue weighted by atomic mass is 79.9. The molecular weight excluding hydrogens is 398 g/mol. The standard InChI is InChI=1S/C16H19Br2NS/c1-3-8-19-15(13-10-14(17)20-16(13)18)12-7-5-6-11(4-2)9-12/h5-7,9-10,15,19H,3-4,8H2,1-2H3. The molecule has 0 spiro atoms. The number of halogens is 2. The number of benzene rings is 1. The number of thiophene rings is 1. The summed E-state index contributed by atoms with van der Waals surface area (Å²) in [6.45, 7) is 5.41. The van der Waals surface area contributed by atoms with Gasteiger partial charge in [-0.2, -0.15) is 0 Å². The summed E-state index contributed by atoms with van der Waals surface area (Å²) < 4.78 is 2.36. The van der Waals surface area contributed by atoms with Crippen molar-refractivity contribution in [3.05, 3.63) is 54.6 Å². The van der Waals surface area contributed by atoms with Crippen molar-refractivity contribution in [1.29, 1.82) is 0 Å². The molecule has 0 radical (unpaired) electrons. The summed E-state index contributed by atoms with van der Waals surface area (Å²) in [4.78, 5) is 0. The van der Waals surface area contributed by atoms with Gasteiger partial charge in [0.2, 0.25) is 0 Å². The Bertz CT molecular complexity index is 565. The predicted octanol–water partition coefficient (Wildman–Crippen LogP) is 5.92. The molecule has 0 bridgehead atoms. The third kappa shape index (κ3) is 3.94. The van der Waals surface area contributed by atoms with Gasteiger partial charge < -0.3 is 5.32 Å². The van der Waals surface area contributed by atoms with Crippen LogP contribution in [-0.4, -0.2) is 6.54 Å². The maximum Gasteiger partial charge on any atom is 0.0761 e. The summed E-state index contributed by atoms with van der Waals surface area (Å²) in [6, 6.07) is 11.3. The zero-order valence-corrected chi connectivity index (χ0v) is 15.7. The van der Waals surface area contributed by atoms with Crippen molar-refractivity contribution in [3.63, 3.8) is 0 Å². The van der Waals surface area contributed by atoms with E-state index in [9.17, 15) is 0 Å². The van der Waals surface area contributed by atoms with Gasteiger partial charge in [-0.3, -0.25) is 0 Å². The largest absolute Gasteiger partial charge is 0.306 e. The molecule has 20 heavy (non-hydrogen) atoms. The zero-order chi connectivity index (χ0) is 14.5. The summed E-state index contributed by atoms with van der Waals surface area (Å²) in [5.74, 6) is 0. The van der Waals surface area contributed by atoms with Crippen molar-refractivity contribution in [1.82, 2.24) is 5.32 Å². The molecule has 0 amide bonds. The molecule has 4 heteroatoms. The van der Waals surface area contributed by atoms with Crippen LogP contribution in [0.5, 0.6) is 0 Å². The van der Waals surface area contributed by atoms with Gasteiger partial charge in [0.15, 0.2) is 0 Å². The van der Waals surface area contributed by atoms with Crippen LogP contribution in [0.25, 0.3) is 0 Å². The minimum absolute atomic E-state index is 0.248. The van der Waals surface area contributed by atoms with Gasteiger partial charge >= 0.3 is 0 Å². The third-order valence-corrected chi connectivity index (χ3v) is 5.67. The van der Waals surface area contributed by atoms with Crippen LogP contribution in [0.1, 0.15) is 43.0 Å². The quantitative estimate of drug-likeness (QED) is 0.615. The molecule has 1 N–H and O–H groups in total. The molecule has 1 nitrogen and oxygen atoms in total. The molecule has 1 heterocycles. The van der Waals surface area contributed by atoms with Gasteiger partial charge in [-0.25, -0.2) is 0 Å². The first-order valence-corrected chi connectivity index (χ1v) is 9.32. The van der Waals surface area contributed by atoms with E-state index in [-0.39, 0.29) is 6.04 Å². The van der Waals surface area contributed by atoms with Crippen LogP contribution in [0.2, 0.25) is 0 Å². The highest BCUT2D eigenvalue weighted by Gasteiger charge is 2.18. The summed E-state index contributed by atoms with van der Waals surface area (Å²) in [5, 5.41) is 3.66. The molecular formula is C16H19Br2NS. The van der Waals surface area contributed by atoms with E-state index in [1.807, 2.05) is 0 Å². The van der Waals surface area contributed by atoms with E-state index in [0.717, 1.165) is 23.2 Å². The maximum absolute atomic E-state index is 3.69. The van der Waals surface area contributed by atoms with Crippen LogP contribution >= 0.6 is 43.2 Å². The molecule has 0 fully saturated rings. The molecule has 0 aliphatic rings. The second-order valence-electron chi connectivity index (χ2n) is 4.77. The molecule has 1 unspecified atom stereocenters. The number of nitrogens with one attached hydrogen (secondary N) is 1. The van der Waals surface area contributed by atoms with Crippen LogP contribution < -0.4 is 5.32 Å². The topological polar surface area (TPSA) is 12.0 Å². The van der Waals surface area contributed by atoms with Gasteiger partial charge in [0.25, 0.3) is 0 Å². The van der Waals surface area contributed by atoms with Crippen LogP contribution in [0.3, 0.4) is 0 Å². The lowest BCUT2D eigenvalue weighted by molar-refractivity contribution is 0.598. The van der Waals surface area contributed by atoms with Gasteiger partial charge in [-0.1, -0.05) is 38.1 Å². The van der Waals surface area contributed by atoms with Crippen molar-refractivity contribution in [2.75, 3.05) is 6.54 Å². The molecule has 108 valence electrons. The summed E-state index contributed by atoms with van der Waals surface area (Å²) in [5.41, 5.74) is 4.03. The smallest absolute Gasteiger partial charge is 0.0761 e. The lowest BCUT2D eigenvalue weighted by Gasteiger charge is -2.19. The second-order valence-corrected chi connectivity index (χ2v) is 8.51. The second kappa shape index (κ2) is 7.74. The normalized spacial score (nSPS) is 12.6. The van der Waals surface area contributed by atoms with Gasteiger partial charge in [-0.05, 0) is 74.0 Å². The van der Waals surface area contributed by atoms with E-state index in [4.69, 9.17) is 0 Å². The highest BCUT2D eigenvalue weighted by molar-refractivity contribution is 9.12. The molecule has 2 rings (SSSR count). The lowest BCUT2D eigenvalue weighted by Crippen LogP contribution is -2.23. The monoisotopic (exact) mass is 415 g/mol. The van der Waals surface area contributed by atoms with E-state index in [0.29, 0.717) is 0 Å². The third-order valence-electron chi connectivity index (χ3n) is 3.29. The summed E-state index contributed by atoms with van der Waals surface area (Å²) in [7, 11) is 0. The fourth-order valence-electron chi connectivity index (χ4n) is 2.24. The lowest BCUT2D eigenvalue weighted by atomic mass is 9.98. The minimum atomic E-state index is 0.248. The number of aryl methyl sites for hydroxylation is 1. The molecule has 1 atom stereocenters. The van der Waals surface area contributed by atoms with Crippen molar-refractivity contribution < 1.29 is 0 Å². The summed E-state index contributed by atoms with van der Waals surface area (Å²) >= 11 is 9.00. The SMILES string of the molecule is CCCNC(c1cccc(CC)c1)c1cc(Br)sc1Br. The Morgan fingerprint density at radius 3 is 2.60 bits per heavy atom. The highest BCUT2D eigenvalue weighted by Crippen LogP contribution is 2.38. The van der Waals surface area contributed by atoms with Crippen molar-refractivity contribution >= 4 is 43.2 Å². The summed E-state index contributed by atoms with van der Waals surface area (Å²) in [6.07, 6.45) is 2.20. The molecule has 1 aromatic carbocycles. The van der Waals surface area contributed by atoms with Crippen LogP contribution in [-0.2, 0) is 6.42 Å². The molecule has 1 aromatic heterocycles. The molecule has 0 aliphatic heterocycles. The van der Waals surface area contributed by atoms with E-state index < -0.39 is 0 Å². The maximum atomic E-state index is 3.69. The Kier molecular flexibility index (Phi) is 6.27. The fraction of sp³-hybridized carbons (Fsp3) is 0.375. The number of hydrogen-bond acceptors (Lipinski definition) is 2. The fourth-order valence-corrected chi connectivity index (χ4v) is 5.14. The Hall–Kier alpha value is -0.160. The molecule has 0 saturated carbocycles. The Morgan fingerprint density at radius 1 is 1.20 bits per heavy atom. The van der Waals surface area contributed by atoms with Gasteiger partial charge in [0.05, 0.1) is 13.6 Å². The Balaban J connectivity index is 2.38. The van der Waals surface area contributed by atoms with Crippen LogP contribution in [0.4, 0.5) is 0 Å². The average molecular weight is 417 g/mol. The van der Waals surface area contributed by atoms with Crippen molar-refractivity contribution in [3.8, 4) is 0 Å². The van der Waals surface area contributed by atoms with Crippen LogP contribution in [0.15, 0.2) is 37.9 Å². The van der Waals surface area contributed by atoms with Gasteiger partial charge in [0.1, 0.15) is 0 Å². The zero-order valence-electron chi connectivity index (χ0n) is 11.7. The van der Waals surface area contributed by atoms with Gasteiger partial charge in [-0.15, -0.1) is 11.3 Å². The molecule has 0 saturated heterocycles. The number of hydrogen-bond donors (Lipinski definition) is 1. The first kappa shape index (κ1) is 16.2. The Morgan fingerprint density at radius 2 is 2.00 bits per heavy atom. The van der Waals surface area contributed by atoms with E-state index >= 15 is 0 Å². The predicted molar refractivity (Wildman–Crippen MR) is 95.7 cm³/mol. The van der Waals surface area contributed by atoms with E-state index in [1.54, 1.807) is 11.3 Å². The molecule has 0 aliphatic carbocycles. The first-order chi connectivity index (χ1) is 9.65. The molecule has 2 aromatic rings. The van der Waals surface area contributed by atoms with E-state index in [2.05, 4.69) is 81.4 Å². The first-order valence-electron chi connectivity index (χ1n) is 6.92. The minimum Gasteiger partial charge on any atom is -0.306 e.